The molecule has 1 aromatic heterocycles. The summed E-state index contributed by atoms with van der Waals surface area (Å²) in [4.78, 5) is 7.08. The topological polar surface area (TPSA) is 49.9 Å². The number of hydrogen-bond donors (Lipinski definition) is 2. The maximum atomic E-state index is 15.0. The smallest absolute Gasteiger partial charge is 0.200 e. The van der Waals surface area contributed by atoms with E-state index in [9.17, 15) is 0 Å². The molecule has 0 aliphatic carbocycles. The molecule has 0 unspecified atom stereocenters. The van der Waals surface area contributed by atoms with Crippen LogP contribution in [0.1, 0.15) is 24.9 Å². The number of aromatic amines is 1. The van der Waals surface area contributed by atoms with E-state index in [1.807, 2.05) is 25.1 Å². The molecule has 2 aromatic carbocycles. The van der Waals surface area contributed by atoms with Gasteiger partial charge in [0.05, 0.1) is 11.1 Å². The van der Waals surface area contributed by atoms with E-state index in [4.69, 9.17) is 16.3 Å². The molecule has 0 aliphatic heterocycles. The summed E-state index contributed by atoms with van der Waals surface area (Å²) in [5.74, 6) is 0.668. The highest BCUT2D eigenvalue weighted by atomic mass is 35.5. The van der Waals surface area contributed by atoms with Crippen LogP contribution in [-0.4, -0.2) is 9.97 Å². The first-order chi connectivity index (χ1) is 11.7. The first-order valence-corrected chi connectivity index (χ1v) is 8.03. The number of rotatable bonds is 6. The van der Waals surface area contributed by atoms with Crippen LogP contribution in [0.15, 0.2) is 54.9 Å². The fourth-order valence-electron chi connectivity index (χ4n) is 2.43. The third kappa shape index (κ3) is 3.51. The number of benzene rings is 2. The van der Waals surface area contributed by atoms with Crippen molar-refractivity contribution in [1.29, 1.82) is 0 Å². The van der Waals surface area contributed by atoms with Crippen LogP contribution >= 0.6 is 11.6 Å². The fourth-order valence-corrected chi connectivity index (χ4v) is 2.61. The first-order valence-electron chi connectivity index (χ1n) is 7.65. The molecule has 0 radical (unpaired) electrons. The van der Waals surface area contributed by atoms with Gasteiger partial charge < -0.3 is 15.0 Å². The third-order valence-corrected chi connectivity index (χ3v) is 3.93. The van der Waals surface area contributed by atoms with E-state index >= 15 is 4.39 Å². The molecule has 1 atom stereocenters. The van der Waals surface area contributed by atoms with Gasteiger partial charge in [-0.3, -0.25) is 0 Å². The number of para-hydroxylation sites is 1. The van der Waals surface area contributed by atoms with Gasteiger partial charge in [-0.15, -0.1) is 0 Å². The van der Waals surface area contributed by atoms with Gasteiger partial charge >= 0.3 is 0 Å². The van der Waals surface area contributed by atoms with Crippen LogP contribution in [0.5, 0.6) is 11.5 Å². The van der Waals surface area contributed by atoms with E-state index in [-0.39, 0.29) is 16.8 Å². The number of hydrogen-bond acceptors (Lipinski definition) is 3. The highest BCUT2D eigenvalue weighted by Gasteiger charge is 2.21. The van der Waals surface area contributed by atoms with Gasteiger partial charge in [-0.25, -0.2) is 9.37 Å². The molecule has 3 rings (SSSR count). The Kier molecular flexibility index (Phi) is 5.01. The van der Waals surface area contributed by atoms with Gasteiger partial charge in [0.25, 0.3) is 0 Å². The Hall–Kier alpha value is -2.53. The van der Waals surface area contributed by atoms with Gasteiger partial charge in [0.2, 0.25) is 5.95 Å². The summed E-state index contributed by atoms with van der Waals surface area (Å²) in [5, 5.41) is 3.40. The minimum absolute atomic E-state index is 0.0278. The second kappa shape index (κ2) is 7.36. The molecule has 0 amide bonds. The molecule has 24 heavy (non-hydrogen) atoms. The Morgan fingerprint density at radius 1 is 1.25 bits per heavy atom. The monoisotopic (exact) mass is 345 g/mol. The fraction of sp³-hybridized carbons (Fsp3) is 0.167. The highest BCUT2D eigenvalue weighted by Crippen LogP contribution is 2.37. The van der Waals surface area contributed by atoms with Crippen LogP contribution in [0, 0.1) is 5.82 Å². The predicted octanol–water partition coefficient (Wildman–Crippen LogP) is 5.56. The van der Waals surface area contributed by atoms with Crippen molar-refractivity contribution in [3.63, 3.8) is 0 Å². The van der Waals surface area contributed by atoms with Crippen molar-refractivity contribution in [3.05, 3.63) is 71.3 Å². The average Bonchev–Trinajstić information content (AvgIpc) is 3.11. The summed E-state index contributed by atoms with van der Waals surface area (Å²) in [6.45, 7) is 1.96. The van der Waals surface area contributed by atoms with Crippen molar-refractivity contribution < 1.29 is 9.13 Å². The largest absolute Gasteiger partial charge is 0.453 e. The van der Waals surface area contributed by atoms with Gasteiger partial charge in [0, 0.05) is 18.0 Å². The zero-order chi connectivity index (χ0) is 16.9. The molecule has 0 bridgehead atoms. The number of imidazole rings is 1. The van der Waals surface area contributed by atoms with Gasteiger partial charge in [0.1, 0.15) is 5.75 Å². The first kappa shape index (κ1) is 16.3. The number of ether oxygens (including phenoxy) is 1. The minimum atomic E-state index is -0.475. The van der Waals surface area contributed by atoms with E-state index in [2.05, 4.69) is 15.3 Å². The van der Waals surface area contributed by atoms with Crippen molar-refractivity contribution in [1.82, 2.24) is 9.97 Å². The molecule has 0 saturated heterocycles. The number of halogens is 2. The number of aromatic nitrogens is 2. The van der Waals surface area contributed by atoms with Crippen molar-refractivity contribution in [2.24, 2.45) is 0 Å². The van der Waals surface area contributed by atoms with E-state index in [1.54, 1.807) is 36.7 Å². The Bertz CT molecular complexity index is 794. The predicted molar refractivity (Wildman–Crippen MR) is 93.2 cm³/mol. The molecular weight excluding hydrogens is 329 g/mol. The average molecular weight is 346 g/mol. The van der Waals surface area contributed by atoms with Gasteiger partial charge in [-0.2, -0.15) is 0 Å². The normalized spacial score (nSPS) is 12.0. The minimum Gasteiger partial charge on any atom is -0.453 e. The molecule has 124 valence electrons. The number of nitrogens with zero attached hydrogens (tertiary/aromatic N) is 1. The molecule has 0 aliphatic rings. The van der Waals surface area contributed by atoms with E-state index in [0.29, 0.717) is 23.7 Å². The molecular formula is C18H17ClFN3O. The summed E-state index contributed by atoms with van der Waals surface area (Å²) in [5.41, 5.74) is 0.476. The lowest BCUT2D eigenvalue weighted by atomic mass is 10.0. The second-order valence-electron chi connectivity index (χ2n) is 5.24. The van der Waals surface area contributed by atoms with Crippen molar-refractivity contribution in [2.45, 2.75) is 19.4 Å². The Labute approximate surface area is 144 Å². The van der Waals surface area contributed by atoms with Gasteiger partial charge in [-0.05, 0) is 24.6 Å². The van der Waals surface area contributed by atoms with Crippen molar-refractivity contribution in [2.75, 3.05) is 5.32 Å². The summed E-state index contributed by atoms with van der Waals surface area (Å²) in [6, 6.07) is 12.1. The van der Waals surface area contributed by atoms with Crippen LogP contribution in [0.25, 0.3) is 0 Å². The number of nitrogens with one attached hydrogen (secondary N) is 2. The molecule has 0 fully saturated rings. The molecule has 1 heterocycles. The molecule has 0 saturated carbocycles. The van der Waals surface area contributed by atoms with Crippen LogP contribution < -0.4 is 10.1 Å². The summed E-state index contributed by atoms with van der Waals surface area (Å²) in [6.07, 6.45) is 4.01. The molecule has 2 N–H and O–H groups in total. The lowest BCUT2D eigenvalue weighted by molar-refractivity contribution is 0.436. The summed E-state index contributed by atoms with van der Waals surface area (Å²) in [7, 11) is 0. The maximum absolute atomic E-state index is 15.0. The second-order valence-corrected chi connectivity index (χ2v) is 5.64. The summed E-state index contributed by atoms with van der Waals surface area (Å²) >= 11 is 6.14. The third-order valence-electron chi connectivity index (χ3n) is 3.63. The van der Waals surface area contributed by atoms with E-state index in [1.165, 1.54) is 0 Å². The van der Waals surface area contributed by atoms with Crippen LogP contribution in [0.4, 0.5) is 10.3 Å². The number of H-pyrrole nitrogens is 1. The maximum Gasteiger partial charge on any atom is 0.200 e. The van der Waals surface area contributed by atoms with Gasteiger partial charge in [-0.1, -0.05) is 42.8 Å². The molecule has 4 nitrogen and oxygen atoms in total. The van der Waals surface area contributed by atoms with Crippen molar-refractivity contribution >= 4 is 17.5 Å². The van der Waals surface area contributed by atoms with Crippen LogP contribution in [0.2, 0.25) is 5.02 Å². The van der Waals surface area contributed by atoms with E-state index in [0.717, 1.165) is 0 Å². The van der Waals surface area contributed by atoms with Crippen molar-refractivity contribution in [3.8, 4) is 11.5 Å². The standard InChI is InChI=1S/C18H17ClFN3O/c1-2-15(23-18-21-10-11-22-18)13-8-9-14(19)17(16(13)20)24-12-6-4-3-5-7-12/h3-11,15H,2H2,1H3,(H2,21,22,23)/t15-/m0/s1. The van der Waals surface area contributed by atoms with Crippen LogP contribution in [-0.2, 0) is 0 Å². The Balaban J connectivity index is 1.92. The molecule has 6 heteroatoms. The lowest BCUT2D eigenvalue weighted by Crippen LogP contribution is -2.13. The van der Waals surface area contributed by atoms with Gasteiger partial charge in [0.15, 0.2) is 11.6 Å². The Morgan fingerprint density at radius 2 is 2.04 bits per heavy atom. The quantitative estimate of drug-likeness (QED) is 0.615. The SMILES string of the molecule is CC[C@H](Nc1ncc[nH]1)c1ccc(Cl)c(Oc2ccccc2)c1F. The zero-order valence-electron chi connectivity index (χ0n) is 13.1. The van der Waals surface area contributed by atoms with E-state index < -0.39 is 5.82 Å². The zero-order valence-corrected chi connectivity index (χ0v) is 13.8. The van der Waals surface area contributed by atoms with Crippen LogP contribution in [0.3, 0.4) is 0 Å². The molecule has 0 spiro atoms. The Morgan fingerprint density at radius 3 is 2.71 bits per heavy atom. The molecule has 3 aromatic rings. The number of anilines is 1. The lowest BCUT2D eigenvalue weighted by Gasteiger charge is -2.19. The summed E-state index contributed by atoms with van der Waals surface area (Å²) < 4.78 is 20.7. The highest BCUT2D eigenvalue weighted by molar-refractivity contribution is 6.32.